The highest BCUT2D eigenvalue weighted by atomic mass is 35.5. The van der Waals surface area contributed by atoms with Crippen molar-refractivity contribution in [3.8, 4) is 5.75 Å². The molecular formula is C14H16ClNO. The maximum Gasteiger partial charge on any atom is 0.115 e. The van der Waals surface area contributed by atoms with Crippen LogP contribution in [-0.2, 0) is 12.8 Å². The number of benzene rings is 1. The van der Waals surface area contributed by atoms with Gasteiger partial charge in [0.25, 0.3) is 0 Å². The second kappa shape index (κ2) is 4.84. The van der Waals surface area contributed by atoms with Crippen molar-refractivity contribution in [1.29, 1.82) is 0 Å². The van der Waals surface area contributed by atoms with Crippen LogP contribution >= 0.6 is 12.4 Å². The largest absolute Gasteiger partial charge is 0.508 e. The van der Waals surface area contributed by atoms with Gasteiger partial charge >= 0.3 is 0 Å². The topological polar surface area (TPSA) is 23.5 Å². The first kappa shape index (κ1) is 12.1. The average Bonchev–Trinajstić information content (AvgIpc) is 2.39. The minimum Gasteiger partial charge on any atom is -0.508 e. The summed E-state index contributed by atoms with van der Waals surface area (Å²) in [6.07, 6.45) is 8.50. The average molecular weight is 250 g/mol. The molecule has 3 heteroatoms. The van der Waals surface area contributed by atoms with Gasteiger partial charge in [-0.1, -0.05) is 12.1 Å². The number of allylic oxidation sites excluding steroid dienone is 3. The standard InChI is InChI=1S/C14H15NO.ClH/c16-14-5-4-11-6-8-15(13-2-1-3-13)9-7-12(11)10-14;/h1-5,10,16H,6-9H2;1H. The summed E-state index contributed by atoms with van der Waals surface area (Å²) < 4.78 is 0. The SMILES string of the molecule is Cl.Oc1ccc2c(c1)CCN(C1=CC=C1)CC2. The molecule has 0 fully saturated rings. The Labute approximate surface area is 108 Å². The zero-order valence-corrected chi connectivity index (χ0v) is 10.4. The summed E-state index contributed by atoms with van der Waals surface area (Å²) in [5, 5.41) is 9.48. The van der Waals surface area contributed by atoms with E-state index in [-0.39, 0.29) is 12.4 Å². The minimum atomic E-state index is 0. The second-order valence-electron chi connectivity index (χ2n) is 4.39. The second-order valence-corrected chi connectivity index (χ2v) is 4.39. The van der Waals surface area contributed by atoms with Gasteiger partial charge in [0.15, 0.2) is 0 Å². The molecule has 17 heavy (non-hydrogen) atoms. The van der Waals surface area contributed by atoms with E-state index in [1.807, 2.05) is 6.07 Å². The number of hydrogen-bond acceptors (Lipinski definition) is 2. The molecule has 0 saturated carbocycles. The van der Waals surface area contributed by atoms with Crippen molar-refractivity contribution in [1.82, 2.24) is 4.90 Å². The van der Waals surface area contributed by atoms with Crippen molar-refractivity contribution >= 4 is 12.4 Å². The molecule has 0 spiro atoms. The summed E-state index contributed by atoms with van der Waals surface area (Å²) in [4.78, 5) is 2.41. The number of hydrogen-bond donors (Lipinski definition) is 1. The van der Waals surface area contributed by atoms with Crippen molar-refractivity contribution in [3.63, 3.8) is 0 Å². The molecule has 2 nitrogen and oxygen atoms in total. The van der Waals surface area contributed by atoms with Crippen LogP contribution in [0.2, 0.25) is 0 Å². The Morgan fingerprint density at radius 3 is 2.41 bits per heavy atom. The van der Waals surface area contributed by atoms with Gasteiger partial charge in [-0.15, -0.1) is 12.4 Å². The molecular weight excluding hydrogens is 234 g/mol. The van der Waals surface area contributed by atoms with Crippen molar-refractivity contribution in [3.05, 3.63) is 53.3 Å². The molecule has 1 aliphatic carbocycles. The number of rotatable bonds is 1. The van der Waals surface area contributed by atoms with Gasteiger partial charge in [0.2, 0.25) is 0 Å². The molecule has 1 aromatic carbocycles. The molecule has 0 unspecified atom stereocenters. The Kier molecular flexibility index (Phi) is 3.43. The highest BCUT2D eigenvalue weighted by Crippen LogP contribution is 2.23. The lowest BCUT2D eigenvalue weighted by Gasteiger charge is -2.26. The van der Waals surface area contributed by atoms with Crippen molar-refractivity contribution in [2.24, 2.45) is 0 Å². The fourth-order valence-corrected chi connectivity index (χ4v) is 2.36. The molecule has 90 valence electrons. The van der Waals surface area contributed by atoms with Crippen LogP contribution < -0.4 is 0 Å². The number of halogens is 1. The predicted molar refractivity (Wildman–Crippen MR) is 71.6 cm³/mol. The van der Waals surface area contributed by atoms with Crippen LogP contribution in [0.5, 0.6) is 5.75 Å². The molecule has 0 amide bonds. The molecule has 1 aliphatic heterocycles. The van der Waals surface area contributed by atoms with Crippen LogP contribution in [0.3, 0.4) is 0 Å². The van der Waals surface area contributed by atoms with Crippen molar-refractivity contribution < 1.29 is 5.11 Å². The van der Waals surface area contributed by atoms with E-state index in [0.717, 1.165) is 25.9 Å². The number of phenols is 1. The van der Waals surface area contributed by atoms with E-state index >= 15 is 0 Å². The molecule has 0 saturated heterocycles. The monoisotopic (exact) mass is 249 g/mol. The predicted octanol–water partition coefficient (Wildman–Crippen LogP) is 2.67. The molecule has 0 bridgehead atoms. The first-order valence-electron chi connectivity index (χ1n) is 5.77. The van der Waals surface area contributed by atoms with Crippen molar-refractivity contribution in [2.45, 2.75) is 12.8 Å². The van der Waals surface area contributed by atoms with Gasteiger partial charge in [0.1, 0.15) is 5.75 Å². The lowest BCUT2D eigenvalue weighted by atomic mass is 10.0. The zero-order chi connectivity index (χ0) is 11.0. The van der Waals surface area contributed by atoms with Crippen LogP contribution in [0.25, 0.3) is 0 Å². The van der Waals surface area contributed by atoms with E-state index in [0.29, 0.717) is 5.75 Å². The summed E-state index contributed by atoms with van der Waals surface area (Å²) in [6.45, 7) is 2.13. The van der Waals surface area contributed by atoms with Crippen LogP contribution in [0, 0.1) is 0 Å². The lowest BCUT2D eigenvalue weighted by molar-refractivity contribution is 0.370. The normalized spacial score (nSPS) is 17.4. The molecule has 0 atom stereocenters. The third kappa shape index (κ3) is 2.32. The van der Waals surface area contributed by atoms with Gasteiger partial charge < -0.3 is 10.0 Å². The van der Waals surface area contributed by atoms with Crippen LogP contribution in [0.1, 0.15) is 11.1 Å². The van der Waals surface area contributed by atoms with Crippen molar-refractivity contribution in [2.75, 3.05) is 13.1 Å². The lowest BCUT2D eigenvalue weighted by Crippen LogP contribution is -2.26. The first-order chi connectivity index (χ1) is 7.83. The van der Waals surface area contributed by atoms with Gasteiger partial charge in [-0.3, -0.25) is 0 Å². The van der Waals surface area contributed by atoms with E-state index in [1.165, 1.54) is 16.8 Å². The summed E-state index contributed by atoms with van der Waals surface area (Å²) in [6, 6.07) is 5.75. The van der Waals surface area contributed by atoms with Gasteiger partial charge in [0, 0.05) is 18.8 Å². The Morgan fingerprint density at radius 2 is 1.76 bits per heavy atom. The number of aromatic hydroxyl groups is 1. The third-order valence-electron chi connectivity index (χ3n) is 3.39. The quantitative estimate of drug-likeness (QED) is 0.827. The number of nitrogens with zero attached hydrogens (tertiary/aromatic N) is 1. The Hall–Kier alpha value is -1.41. The fraction of sp³-hybridized carbons (Fsp3) is 0.286. The van der Waals surface area contributed by atoms with E-state index in [9.17, 15) is 5.11 Å². The van der Waals surface area contributed by atoms with Crippen LogP contribution in [0.4, 0.5) is 0 Å². The van der Waals surface area contributed by atoms with Gasteiger partial charge in [-0.25, -0.2) is 0 Å². The van der Waals surface area contributed by atoms with E-state index in [4.69, 9.17) is 0 Å². The molecule has 0 aromatic heterocycles. The molecule has 0 radical (unpaired) electrons. The fourth-order valence-electron chi connectivity index (χ4n) is 2.36. The summed E-state index contributed by atoms with van der Waals surface area (Å²) >= 11 is 0. The number of fused-ring (bicyclic) bond motifs is 1. The summed E-state index contributed by atoms with van der Waals surface area (Å²) in [5.74, 6) is 0.384. The summed E-state index contributed by atoms with van der Waals surface area (Å²) in [7, 11) is 0. The number of phenolic OH excluding ortho intramolecular Hbond substituents is 1. The highest BCUT2D eigenvalue weighted by molar-refractivity contribution is 5.85. The van der Waals surface area contributed by atoms with Gasteiger partial charge in [-0.2, -0.15) is 0 Å². The van der Waals surface area contributed by atoms with Crippen LogP contribution in [0.15, 0.2) is 42.1 Å². The van der Waals surface area contributed by atoms with E-state index in [2.05, 4.69) is 29.2 Å². The molecule has 1 heterocycles. The first-order valence-corrected chi connectivity index (χ1v) is 5.77. The van der Waals surface area contributed by atoms with E-state index in [1.54, 1.807) is 6.07 Å². The third-order valence-corrected chi connectivity index (χ3v) is 3.39. The maximum absolute atomic E-state index is 9.48. The summed E-state index contributed by atoms with van der Waals surface area (Å²) in [5.41, 5.74) is 4.02. The Bertz CT molecular complexity index is 479. The van der Waals surface area contributed by atoms with E-state index < -0.39 is 0 Å². The van der Waals surface area contributed by atoms with Gasteiger partial charge in [-0.05, 0) is 48.3 Å². The molecule has 1 N–H and O–H groups in total. The molecule has 1 aromatic rings. The van der Waals surface area contributed by atoms with Crippen LogP contribution in [-0.4, -0.2) is 23.1 Å². The molecule has 3 rings (SSSR count). The Balaban J connectivity index is 0.00000108. The zero-order valence-electron chi connectivity index (χ0n) is 9.60. The minimum absolute atomic E-state index is 0. The van der Waals surface area contributed by atoms with Gasteiger partial charge in [0.05, 0.1) is 0 Å². The highest BCUT2D eigenvalue weighted by Gasteiger charge is 2.16. The molecule has 2 aliphatic rings. The maximum atomic E-state index is 9.48. The smallest absolute Gasteiger partial charge is 0.115 e. The Morgan fingerprint density at radius 1 is 1.06 bits per heavy atom.